The molecule has 4 amide bonds. The van der Waals surface area contributed by atoms with Crippen LogP contribution in [0.1, 0.15) is 39.2 Å². The molecule has 1 aromatic carbocycles. The number of amides is 4. The van der Waals surface area contributed by atoms with Crippen LogP contribution in [-0.4, -0.2) is 46.9 Å². The Morgan fingerprint density at radius 1 is 1.29 bits per heavy atom. The molecule has 8 nitrogen and oxygen atoms in total. The summed E-state index contributed by atoms with van der Waals surface area (Å²) in [7, 11) is 0. The molecule has 152 valence electrons. The fraction of sp³-hybridized carbons (Fsp3) is 0.474. The first-order valence-electron chi connectivity index (χ1n) is 9.04. The van der Waals surface area contributed by atoms with Crippen LogP contribution >= 0.6 is 0 Å². The van der Waals surface area contributed by atoms with Crippen molar-refractivity contribution in [1.29, 1.82) is 0 Å². The van der Waals surface area contributed by atoms with E-state index < -0.39 is 47.8 Å². The first-order chi connectivity index (χ1) is 13.1. The van der Waals surface area contributed by atoms with Gasteiger partial charge in [0.2, 0.25) is 0 Å². The summed E-state index contributed by atoms with van der Waals surface area (Å²) in [5.41, 5.74) is -0.363. The minimum absolute atomic E-state index is 0.223. The van der Waals surface area contributed by atoms with Crippen molar-refractivity contribution < 1.29 is 28.3 Å². The summed E-state index contributed by atoms with van der Waals surface area (Å²) < 4.78 is 18.6. The van der Waals surface area contributed by atoms with Crippen molar-refractivity contribution >= 4 is 29.5 Å². The van der Waals surface area contributed by atoms with E-state index in [2.05, 4.69) is 10.6 Å². The Labute approximate surface area is 162 Å². The molecule has 0 unspecified atom stereocenters. The molecule has 0 aromatic heterocycles. The zero-order valence-corrected chi connectivity index (χ0v) is 16.3. The zero-order chi connectivity index (χ0) is 21.1. The van der Waals surface area contributed by atoms with Crippen LogP contribution in [0.4, 0.5) is 14.9 Å². The minimum atomic E-state index is -1.19. The van der Waals surface area contributed by atoms with Crippen LogP contribution in [0, 0.1) is 12.7 Å². The normalized spacial score (nSPS) is 16.5. The molecule has 1 fully saturated rings. The van der Waals surface area contributed by atoms with E-state index in [0.717, 1.165) is 11.0 Å². The Bertz CT molecular complexity index is 807. The first kappa shape index (κ1) is 21.3. The van der Waals surface area contributed by atoms with Gasteiger partial charge in [0.1, 0.15) is 17.9 Å². The van der Waals surface area contributed by atoms with Gasteiger partial charge in [-0.05, 0) is 44.4 Å². The number of rotatable bonds is 7. The Balaban J connectivity index is 1.95. The van der Waals surface area contributed by atoms with Crippen molar-refractivity contribution in [2.75, 3.05) is 11.9 Å². The number of carbonyl (C=O) groups is 4. The summed E-state index contributed by atoms with van der Waals surface area (Å²) in [6, 6.07) is 3.52. The maximum atomic E-state index is 13.6. The van der Waals surface area contributed by atoms with Gasteiger partial charge in [0.25, 0.3) is 11.8 Å². The Morgan fingerprint density at radius 3 is 2.46 bits per heavy atom. The minimum Gasteiger partial charge on any atom is -0.451 e. The van der Waals surface area contributed by atoms with Crippen LogP contribution in [0.5, 0.6) is 0 Å². The molecule has 0 bridgehead atoms. The molecule has 0 radical (unpaired) electrons. The second kappa shape index (κ2) is 8.37. The summed E-state index contributed by atoms with van der Waals surface area (Å²) in [4.78, 5) is 49.6. The molecule has 1 heterocycles. The van der Waals surface area contributed by atoms with Gasteiger partial charge >= 0.3 is 12.0 Å². The fourth-order valence-corrected chi connectivity index (χ4v) is 2.88. The number of esters is 1. The van der Waals surface area contributed by atoms with Crippen LogP contribution in [-0.2, 0) is 19.1 Å². The lowest BCUT2D eigenvalue weighted by molar-refractivity contribution is -0.155. The molecule has 1 atom stereocenters. The van der Waals surface area contributed by atoms with Crippen LogP contribution < -0.4 is 10.6 Å². The van der Waals surface area contributed by atoms with Gasteiger partial charge in [0.05, 0.1) is 0 Å². The second-order valence-electron chi connectivity index (χ2n) is 6.70. The van der Waals surface area contributed by atoms with E-state index in [9.17, 15) is 23.6 Å². The number of hydrogen-bond donors (Lipinski definition) is 2. The average molecular weight is 393 g/mol. The largest absolute Gasteiger partial charge is 0.451 e. The highest BCUT2D eigenvalue weighted by atomic mass is 19.1. The second-order valence-corrected chi connectivity index (χ2v) is 6.70. The third-order valence-electron chi connectivity index (χ3n) is 4.86. The zero-order valence-electron chi connectivity index (χ0n) is 16.3. The van der Waals surface area contributed by atoms with Crippen molar-refractivity contribution in [3.8, 4) is 0 Å². The van der Waals surface area contributed by atoms with Gasteiger partial charge < -0.3 is 15.4 Å². The average Bonchev–Trinajstić information content (AvgIpc) is 2.89. The molecule has 1 saturated heterocycles. The fourth-order valence-electron chi connectivity index (χ4n) is 2.88. The maximum absolute atomic E-state index is 13.6. The van der Waals surface area contributed by atoms with Crippen LogP contribution in [0.25, 0.3) is 0 Å². The molecule has 1 aliphatic heterocycles. The summed E-state index contributed by atoms with van der Waals surface area (Å²) >= 11 is 0. The van der Waals surface area contributed by atoms with Gasteiger partial charge in [-0.1, -0.05) is 19.9 Å². The van der Waals surface area contributed by atoms with Crippen molar-refractivity contribution in [3.63, 3.8) is 0 Å². The van der Waals surface area contributed by atoms with Crippen molar-refractivity contribution in [2.24, 2.45) is 0 Å². The van der Waals surface area contributed by atoms with E-state index in [1.54, 1.807) is 20.8 Å². The van der Waals surface area contributed by atoms with Gasteiger partial charge in [0.15, 0.2) is 6.10 Å². The maximum Gasteiger partial charge on any atom is 0.327 e. The first-order valence-corrected chi connectivity index (χ1v) is 9.04. The molecule has 0 aliphatic carbocycles. The van der Waals surface area contributed by atoms with Crippen molar-refractivity contribution in [2.45, 2.75) is 52.2 Å². The van der Waals surface area contributed by atoms with Gasteiger partial charge in [-0.25, -0.2) is 9.18 Å². The lowest BCUT2D eigenvalue weighted by atomic mass is 9.93. The number of nitrogens with one attached hydrogen (secondary N) is 2. The molecule has 0 spiro atoms. The van der Waals surface area contributed by atoms with E-state index >= 15 is 0 Å². The number of anilines is 1. The van der Waals surface area contributed by atoms with E-state index in [4.69, 9.17) is 4.74 Å². The molecule has 9 heteroatoms. The standard InChI is InChI=1S/C19H24FN3O5/c1-5-19(6-2)17(26)23(18(27)22-19)10-15(24)28-12(4)16(25)21-13-8-7-11(3)14(20)9-13/h7-9,12H,5-6,10H2,1-4H3,(H,21,25)(H,22,27)/t12-/m0/s1. The SMILES string of the molecule is CCC1(CC)NC(=O)N(CC(=O)O[C@@H](C)C(=O)Nc2ccc(C)c(F)c2)C1=O. The molecule has 2 N–H and O–H groups in total. The van der Waals surface area contributed by atoms with Crippen LogP contribution in [0.2, 0.25) is 0 Å². The third-order valence-corrected chi connectivity index (χ3v) is 4.86. The van der Waals surface area contributed by atoms with E-state index in [1.165, 1.54) is 19.1 Å². The number of imide groups is 1. The summed E-state index contributed by atoms with van der Waals surface area (Å²) in [6.45, 7) is 5.87. The highest BCUT2D eigenvalue weighted by molar-refractivity contribution is 6.08. The summed E-state index contributed by atoms with van der Waals surface area (Å²) in [5, 5.41) is 5.05. The van der Waals surface area contributed by atoms with Crippen LogP contribution in [0.3, 0.4) is 0 Å². The Morgan fingerprint density at radius 2 is 1.93 bits per heavy atom. The highest BCUT2D eigenvalue weighted by Crippen LogP contribution is 2.24. The van der Waals surface area contributed by atoms with Gasteiger partial charge in [-0.3, -0.25) is 19.3 Å². The predicted octanol–water partition coefficient (Wildman–Crippen LogP) is 2.11. The number of urea groups is 1. The molecule has 28 heavy (non-hydrogen) atoms. The monoisotopic (exact) mass is 393 g/mol. The molecule has 2 rings (SSSR count). The smallest absolute Gasteiger partial charge is 0.327 e. The summed E-state index contributed by atoms with van der Waals surface area (Å²) in [6.07, 6.45) is -0.406. The van der Waals surface area contributed by atoms with E-state index in [1.807, 2.05) is 0 Å². The molecule has 1 aliphatic rings. The summed E-state index contributed by atoms with van der Waals surface area (Å²) in [5.74, 6) is -2.53. The molecule has 0 saturated carbocycles. The Hall–Kier alpha value is -2.97. The van der Waals surface area contributed by atoms with Crippen molar-refractivity contribution in [3.05, 3.63) is 29.6 Å². The Kier molecular flexibility index (Phi) is 6.37. The highest BCUT2D eigenvalue weighted by Gasteiger charge is 2.49. The molecular weight excluding hydrogens is 369 g/mol. The number of benzene rings is 1. The molecule has 1 aromatic rings. The number of halogens is 1. The lowest BCUT2D eigenvalue weighted by Gasteiger charge is -2.23. The van der Waals surface area contributed by atoms with Gasteiger partial charge in [-0.2, -0.15) is 0 Å². The topological polar surface area (TPSA) is 105 Å². The number of ether oxygens (including phenoxy) is 1. The van der Waals surface area contributed by atoms with Gasteiger partial charge in [-0.15, -0.1) is 0 Å². The van der Waals surface area contributed by atoms with E-state index in [0.29, 0.717) is 18.4 Å². The predicted molar refractivity (Wildman–Crippen MR) is 98.9 cm³/mol. The number of carbonyl (C=O) groups excluding carboxylic acids is 4. The van der Waals surface area contributed by atoms with E-state index in [-0.39, 0.29) is 5.69 Å². The number of hydrogen-bond acceptors (Lipinski definition) is 5. The van der Waals surface area contributed by atoms with Gasteiger partial charge in [0, 0.05) is 5.69 Å². The third kappa shape index (κ3) is 4.29. The quantitative estimate of drug-likeness (QED) is 0.545. The van der Waals surface area contributed by atoms with Crippen LogP contribution in [0.15, 0.2) is 18.2 Å². The molecular formula is C19H24FN3O5. The number of nitrogens with zero attached hydrogens (tertiary/aromatic N) is 1. The lowest BCUT2D eigenvalue weighted by Crippen LogP contribution is -2.46. The number of aryl methyl sites for hydroxylation is 1. The van der Waals surface area contributed by atoms with Crippen molar-refractivity contribution in [1.82, 2.24) is 10.2 Å².